The highest BCUT2D eigenvalue weighted by atomic mass is 32.2. The maximum Gasteiger partial charge on any atom is 0.0523 e. The van der Waals surface area contributed by atoms with E-state index in [1.807, 2.05) is 23.9 Å². The molecule has 15 heavy (non-hydrogen) atoms. The van der Waals surface area contributed by atoms with Crippen LogP contribution in [0, 0.1) is 5.92 Å². The molecule has 1 rings (SSSR count). The van der Waals surface area contributed by atoms with Crippen LogP contribution < -0.4 is 11.3 Å². The minimum absolute atomic E-state index is 0.654. The number of rotatable bonds is 5. The first kappa shape index (κ1) is 12.3. The van der Waals surface area contributed by atoms with Gasteiger partial charge in [0.1, 0.15) is 0 Å². The lowest BCUT2D eigenvalue weighted by atomic mass is 10.2. The third-order valence-electron chi connectivity index (χ3n) is 2.42. The Labute approximate surface area is 95.8 Å². The summed E-state index contributed by atoms with van der Waals surface area (Å²) in [5, 5.41) is 0.654. The predicted molar refractivity (Wildman–Crippen MR) is 67.6 cm³/mol. The zero-order valence-electron chi connectivity index (χ0n) is 9.53. The van der Waals surface area contributed by atoms with Gasteiger partial charge in [0.05, 0.1) is 11.4 Å². The molecule has 0 aliphatic carbocycles. The molecule has 0 aromatic carbocycles. The molecule has 0 spiro atoms. The van der Waals surface area contributed by atoms with Crippen molar-refractivity contribution in [3.63, 3.8) is 0 Å². The molecule has 0 aliphatic heterocycles. The van der Waals surface area contributed by atoms with Crippen molar-refractivity contribution >= 4 is 17.4 Å². The third kappa shape index (κ3) is 4.10. The first-order chi connectivity index (χ1) is 7.13. The lowest BCUT2D eigenvalue weighted by molar-refractivity contribution is 0.642. The summed E-state index contributed by atoms with van der Waals surface area (Å²) in [4.78, 5) is 4.30. The maximum absolute atomic E-state index is 5.34. The van der Waals surface area contributed by atoms with E-state index in [-0.39, 0.29) is 0 Å². The number of anilines is 1. The van der Waals surface area contributed by atoms with Gasteiger partial charge in [-0.3, -0.25) is 10.8 Å². The number of hydrogen-bond donors (Lipinski definition) is 2. The van der Waals surface area contributed by atoms with Crippen molar-refractivity contribution in [2.24, 2.45) is 11.8 Å². The first-order valence-electron chi connectivity index (χ1n) is 5.16. The quantitative estimate of drug-likeness (QED) is 0.597. The molecule has 84 valence electrons. The number of nitrogens with zero attached hydrogens (tertiary/aromatic N) is 1. The summed E-state index contributed by atoms with van der Waals surface area (Å²) < 4.78 is 0. The monoisotopic (exact) mass is 225 g/mol. The van der Waals surface area contributed by atoms with E-state index in [0.717, 1.165) is 17.1 Å². The van der Waals surface area contributed by atoms with Gasteiger partial charge in [-0.15, -0.1) is 0 Å². The molecule has 1 unspecified atom stereocenters. The molecule has 0 radical (unpaired) electrons. The summed E-state index contributed by atoms with van der Waals surface area (Å²) in [6.07, 6.45) is 1.78. The number of hydrogen-bond acceptors (Lipinski definition) is 4. The standard InChI is InChI=1S/C11H19N3S/c1-8(2)9(3)15-7-11-6-10(14-12)4-5-13-11/h4-6,8-9H,7,12H2,1-3H3,(H,13,14). The molecule has 1 heterocycles. The molecule has 1 aromatic rings. The van der Waals surface area contributed by atoms with Crippen molar-refractivity contribution in [3.05, 3.63) is 24.0 Å². The summed E-state index contributed by atoms with van der Waals surface area (Å²) in [7, 11) is 0. The van der Waals surface area contributed by atoms with Gasteiger partial charge >= 0.3 is 0 Å². The SMILES string of the molecule is CC(C)C(C)SCc1cc(NN)ccn1. The number of pyridine rings is 1. The molecule has 0 saturated carbocycles. The molecule has 3 N–H and O–H groups in total. The number of aromatic nitrogens is 1. The van der Waals surface area contributed by atoms with E-state index < -0.39 is 0 Å². The Hall–Kier alpha value is -0.740. The van der Waals surface area contributed by atoms with Crippen LogP contribution in [0.3, 0.4) is 0 Å². The van der Waals surface area contributed by atoms with E-state index in [1.54, 1.807) is 6.20 Å². The van der Waals surface area contributed by atoms with Gasteiger partial charge in [-0.05, 0) is 18.1 Å². The van der Waals surface area contributed by atoms with Crippen LogP contribution in [0.1, 0.15) is 26.5 Å². The van der Waals surface area contributed by atoms with E-state index in [1.165, 1.54) is 0 Å². The topological polar surface area (TPSA) is 50.9 Å². The van der Waals surface area contributed by atoms with E-state index >= 15 is 0 Å². The minimum Gasteiger partial charge on any atom is -0.324 e. The molecule has 4 heteroatoms. The Bertz CT molecular complexity index is 302. The fourth-order valence-corrected chi connectivity index (χ4v) is 2.03. The van der Waals surface area contributed by atoms with Gasteiger partial charge in [-0.25, -0.2) is 0 Å². The number of nitrogens with two attached hydrogens (primary N) is 1. The number of hydrazine groups is 1. The molecule has 3 nitrogen and oxygen atoms in total. The number of nitrogen functional groups attached to an aromatic ring is 1. The third-order valence-corrected chi connectivity index (χ3v) is 3.95. The highest BCUT2D eigenvalue weighted by molar-refractivity contribution is 7.99. The number of nitrogens with one attached hydrogen (secondary N) is 1. The lowest BCUT2D eigenvalue weighted by Gasteiger charge is -2.14. The van der Waals surface area contributed by atoms with Crippen molar-refractivity contribution in [2.75, 3.05) is 5.43 Å². The normalized spacial score (nSPS) is 12.9. The summed E-state index contributed by atoms with van der Waals surface area (Å²) in [5.41, 5.74) is 4.62. The van der Waals surface area contributed by atoms with Crippen LogP contribution in [0.4, 0.5) is 5.69 Å². The molecule has 1 atom stereocenters. The van der Waals surface area contributed by atoms with Crippen LogP contribution in [0.25, 0.3) is 0 Å². The fraction of sp³-hybridized carbons (Fsp3) is 0.545. The summed E-state index contributed by atoms with van der Waals surface area (Å²) in [6, 6.07) is 3.85. The van der Waals surface area contributed by atoms with Crippen LogP contribution in [0.5, 0.6) is 0 Å². The second kappa shape index (κ2) is 5.98. The van der Waals surface area contributed by atoms with Crippen LogP contribution >= 0.6 is 11.8 Å². The van der Waals surface area contributed by atoms with Gasteiger partial charge in [-0.1, -0.05) is 20.8 Å². The average Bonchev–Trinajstić information content (AvgIpc) is 2.26. The second-order valence-electron chi connectivity index (χ2n) is 3.94. The largest absolute Gasteiger partial charge is 0.324 e. The highest BCUT2D eigenvalue weighted by Crippen LogP contribution is 2.22. The highest BCUT2D eigenvalue weighted by Gasteiger charge is 2.07. The van der Waals surface area contributed by atoms with Crippen molar-refractivity contribution in [1.29, 1.82) is 0 Å². The van der Waals surface area contributed by atoms with Crippen LogP contribution in [0.15, 0.2) is 18.3 Å². The maximum atomic E-state index is 5.34. The number of thioether (sulfide) groups is 1. The Balaban J connectivity index is 2.50. The van der Waals surface area contributed by atoms with Gasteiger partial charge in [-0.2, -0.15) is 11.8 Å². The molecule has 0 amide bonds. The molecular formula is C11H19N3S. The van der Waals surface area contributed by atoms with Crippen LogP contribution in [-0.2, 0) is 5.75 Å². The Kier molecular flexibility index (Phi) is 4.91. The summed E-state index contributed by atoms with van der Waals surface area (Å²) in [6.45, 7) is 6.73. The Morgan fingerprint density at radius 1 is 1.47 bits per heavy atom. The lowest BCUT2D eigenvalue weighted by Crippen LogP contribution is -2.08. The van der Waals surface area contributed by atoms with E-state index in [9.17, 15) is 0 Å². The van der Waals surface area contributed by atoms with Gasteiger partial charge in [0.25, 0.3) is 0 Å². The average molecular weight is 225 g/mol. The van der Waals surface area contributed by atoms with Gasteiger partial charge < -0.3 is 5.43 Å². The minimum atomic E-state index is 0.654. The predicted octanol–water partition coefficient (Wildman–Crippen LogP) is 2.64. The molecular weight excluding hydrogens is 206 g/mol. The first-order valence-corrected chi connectivity index (χ1v) is 6.21. The van der Waals surface area contributed by atoms with Crippen LogP contribution in [0.2, 0.25) is 0 Å². The van der Waals surface area contributed by atoms with E-state index in [2.05, 4.69) is 31.2 Å². The molecule has 1 aromatic heterocycles. The van der Waals surface area contributed by atoms with Crippen LogP contribution in [-0.4, -0.2) is 10.2 Å². The van der Waals surface area contributed by atoms with Gasteiger partial charge in [0, 0.05) is 17.2 Å². The zero-order chi connectivity index (χ0) is 11.3. The fourth-order valence-electron chi connectivity index (χ4n) is 1.06. The van der Waals surface area contributed by atoms with Crippen molar-refractivity contribution < 1.29 is 0 Å². The zero-order valence-corrected chi connectivity index (χ0v) is 10.3. The molecule has 0 saturated heterocycles. The van der Waals surface area contributed by atoms with Crippen molar-refractivity contribution in [3.8, 4) is 0 Å². The Morgan fingerprint density at radius 2 is 2.20 bits per heavy atom. The second-order valence-corrected chi connectivity index (χ2v) is 5.31. The van der Waals surface area contributed by atoms with E-state index in [0.29, 0.717) is 11.2 Å². The molecule has 0 aliphatic rings. The molecule has 0 fully saturated rings. The molecule has 0 bridgehead atoms. The summed E-state index contributed by atoms with van der Waals surface area (Å²) in [5.74, 6) is 6.98. The van der Waals surface area contributed by atoms with Gasteiger partial charge in [0.15, 0.2) is 0 Å². The smallest absolute Gasteiger partial charge is 0.0523 e. The van der Waals surface area contributed by atoms with Crippen molar-refractivity contribution in [2.45, 2.75) is 31.8 Å². The Morgan fingerprint density at radius 3 is 2.80 bits per heavy atom. The van der Waals surface area contributed by atoms with Crippen molar-refractivity contribution in [1.82, 2.24) is 4.98 Å². The van der Waals surface area contributed by atoms with Gasteiger partial charge in [0.2, 0.25) is 0 Å². The van der Waals surface area contributed by atoms with E-state index in [4.69, 9.17) is 5.84 Å². The summed E-state index contributed by atoms with van der Waals surface area (Å²) >= 11 is 1.93.